The van der Waals surface area contributed by atoms with Gasteiger partial charge in [0.15, 0.2) is 0 Å². The maximum absolute atomic E-state index is 13.1. The van der Waals surface area contributed by atoms with E-state index in [4.69, 9.17) is 0 Å². The van der Waals surface area contributed by atoms with E-state index >= 15 is 0 Å². The average molecular weight is 282 g/mol. The third-order valence-corrected chi connectivity index (χ3v) is 3.46. The molecule has 2 N–H and O–H groups in total. The monoisotopic (exact) mass is 282 g/mol. The van der Waals surface area contributed by atoms with Crippen LogP contribution in [-0.2, 0) is 4.79 Å². The highest BCUT2D eigenvalue weighted by molar-refractivity contribution is 5.76. The summed E-state index contributed by atoms with van der Waals surface area (Å²) in [5, 5.41) is 12.4. The van der Waals surface area contributed by atoms with Gasteiger partial charge in [-0.05, 0) is 43.3 Å². The van der Waals surface area contributed by atoms with E-state index in [1.54, 1.807) is 6.92 Å². The lowest BCUT2D eigenvalue weighted by molar-refractivity contribution is -0.139. The van der Waals surface area contributed by atoms with Gasteiger partial charge in [0.1, 0.15) is 11.9 Å². The van der Waals surface area contributed by atoms with Crippen molar-refractivity contribution in [3.8, 4) is 0 Å². The van der Waals surface area contributed by atoms with Gasteiger partial charge >= 0.3 is 5.97 Å². The molecule has 0 fully saturated rings. The summed E-state index contributed by atoms with van der Waals surface area (Å²) in [6.45, 7) is 9.11. The van der Waals surface area contributed by atoms with Gasteiger partial charge in [0.2, 0.25) is 0 Å². The van der Waals surface area contributed by atoms with Crippen LogP contribution < -0.4 is 5.32 Å². The van der Waals surface area contributed by atoms with Crippen LogP contribution in [0.5, 0.6) is 0 Å². The van der Waals surface area contributed by atoms with Gasteiger partial charge in [-0.25, -0.2) is 4.39 Å². The van der Waals surface area contributed by atoms with Gasteiger partial charge < -0.3 is 10.0 Å². The molecule has 1 unspecified atom stereocenters. The van der Waals surface area contributed by atoms with E-state index in [2.05, 4.69) is 24.1 Å². The van der Waals surface area contributed by atoms with Gasteiger partial charge in [-0.2, -0.15) is 0 Å². The van der Waals surface area contributed by atoms with Crippen LogP contribution in [0.3, 0.4) is 0 Å². The maximum Gasteiger partial charge on any atom is 0.325 e. The van der Waals surface area contributed by atoms with E-state index in [1.807, 2.05) is 0 Å². The Bertz CT molecular complexity index is 447. The van der Waals surface area contributed by atoms with Crippen molar-refractivity contribution in [3.05, 3.63) is 35.1 Å². The van der Waals surface area contributed by atoms with Gasteiger partial charge in [0.25, 0.3) is 0 Å². The molecule has 0 aliphatic heterocycles. The molecule has 0 aromatic heterocycles. The Hall–Kier alpha value is -1.46. The maximum atomic E-state index is 13.1. The third kappa shape index (κ3) is 4.58. The van der Waals surface area contributed by atoms with Crippen LogP contribution in [0.2, 0.25) is 0 Å². The first kappa shape index (κ1) is 16.6. The Morgan fingerprint density at radius 2 is 2.05 bits per heavy atom. The molecule has 0 bridgehead atoms. The van der Waals surface area contributed by atoms with Crippen molar-refractivity contribution in [2.24, 2.45) is 0 Å². The highest BCUT2D eigenvalue weighted by Gasteiger charge is 2.21. The lowest BCUT2D eigenvalue weighted by Crippen LogP contribution is -2.36. The number of halogens is 1. The number of nitrogens with one attached hydrogen (secondary N) is 1. The van der Waals surface area contributed by atoms with Crippen LogP contribution in [0.25, 0.3) is 0 Å². The SMILES string of the molecule is CCN(CC)CCNC(C(=O)O)c1ccc(F)cc1C. The number of aryl methyl sites for hydroxylation is 1. The summed E-state index contributed by atoms with van der Waals surface area (Å²) < 4.78 is 13.1. The van der Waals surface area contributed by atoms with E-state index in [1.165, 1.54) is 18.2 Å². The number of carbonyl (C=O) groups is 1. The molecule has 1 atom stereocenters. The van der Waals surface area contributed by atoms with Crippen LogP contribution in [0.1, 0.15) is 31.0 Å². The van der Waals surface area contributed by atoms with Gasteiger partial charge in [-0.15, -0.1) is 0 Å². The number of carboxylic acid groups (broad SMARTS) is 1. The summed E-state index contributed by atoms with van der Waals surface area (Å²) in [5.74, 6) is -1.29. The average Bonchev–Trinajstić information content (AvgIpc) is 2.40. The minimum Gasteiger partial charge on any atom is -0.480 e. The van der Waals surface area contributed by atoms with E-state index < -0.39 is 12.0 Å². The number of likely N-dealkylation sites (N-methyl/N-ethyl adjacent to an activating group) is 1. The lowest BCUT2D eigenvalue weighted by atomic mass is 10.0. The van der Waals surface area contributed by atoms with Crippen molar-refractivity contribution in [2.75, 3.05) is 26.2 Å². The first-order valence-electron chi connectivity index (χ1n) is 6.94. The molecule has 4 nitrogen and oxygen atoms in total. The summed E-state index contributed by atoms with van der Waals surface area (Å²) >= 11 is 0. The Morgan fingerprint density at radius 1 is 1.40 bits per heavy atom. The summed E-state index contributed by atoms with van der Waals surface area (Å²) in [7, 11) is 0. The highest BCUT2D eigenvalue weighted by atomic mass is 19.1. The third-order valence-electron chi connectivity index (χ3n) is 3.46. The zero-order valence-corrected chi connectivity index (χ0v) is 12.3. The molecule has 1 aromatic rings. The molecule has 1 aromatic carbocycles. The smallest absolute Gasteiger partial charge is 0.325 e. The van der Waals surface area contributed by atoms with Crippen molar-refractivity contribution in [2.45, 2.75) is 26.8 Å². The van der Waals surface area contributed by atoms with Crippen molar-refractivity contribution in [3.63, 3.8) is 0 Å². The Kier molecular flexibility index (Phi) is 6.61. The fourth-order valence-corrected chi connectivity index (χ4v) is 2.20. The summed E-state index contributed by atoms with van der Waals surface area (Å²) in [6.07, 6.45) is 0. The highest BCUT2D eigenvalue weighted by Crippen LogP contribution is 2.19. The molecule has 0 amide bonds. The Balaban J connectivity index is 2.72. The number of benzene rings is 1. The fourth-order valence-electron chi connectivity index (χ4n) is 2.20. The van der Waals surface area contributed by atoms with Gasteiger partial charge in [-0.1, -0.05) is 19.9 Å². The van der Waals surface area contributed by atoms with Crippen LogP contribution in [0.15, 0.2) is 18.2 Å². The van der Waals surface area contributed by atoms with Crippen molar-refractivity contribution in [1.29, 1.82) is 0 Å². The number of aliphatic carboxylic acids is 1. The number of rotatable bonds is 8. The van der Waals surface area contributed by atoms with Gasteiger partial charge in [0, 0.05) is 13.1 Å². The fraction of sp³-hybridized carbons (Fsp3) is 0.533. The predicted molar refractivity (Wildman–Crippen MR) is 77.3 cm³/mol. The second-order valence-corrected chi connectivity index (χ2v) is 4.75. The number of carboxylic acids is 1. The second-order valence-electron chi connectivity index (χ2n) is 4.75. The lowest BCUT2D eigenvalue weighted by Gasteiger charge is -2.21. The molecule has 0 radical (unpaired) electrons. The van der Waals surface area contributed by atoms with Crippen molar-refractivity contribution in [1.82, 2.24) is 10.2 Å². The number of hydrogen-bond donors (Lipinski definition) is 2. The Morgan fingerprint density at radius 3 is 2.55 bits per heavy atom. The quantitative estimate of drug-likeness (QED) is 0.767. The molecule has 112 valence electrons. The molecular weight excluding hydrogens is 259 g/mol. The molecule has 0 saturated heterocycles. The molecular formula is C15H23FN2O2. The first-order valence-corrected chi connectivity index (χ1v) is 6.94. The summed E-state index contributed by atoms with van der Waals surface area (Å²) in [4.78, 5) is 13.6. The van der Waals surface area contributed by atoms with Crippen LogP contribution in [0.4, 0.5) is 4.39 Å². The number of hydrogen-bond acceptors (Lipinski definition) is 3. The number of nitrogens with zero attached hydrogens (tertiary/aromatic N) is 1. The van der Waals surface area contributed by atoms with Crippen LogP contribution in [0, 0.1) is 12.7 Å². The van der Waals surface area contributed by atoms with Crippen molar-refractivity contribution < 1.29 is 14.3 Å². The zero-order chi connectivity index (χ0) is 15.1. The summed E-state index contributed by atoms with van der Waals surface area (Å²) in [5.41, 5.74) is 1.26. The van der Waals surface area contributed by atoms with Crippen LogP contribution >= 0.6 is 0 Å². The molecule has 0 aliphatic rings. The minimum atomic E-state index is -0.945. The Labute approximate surface area is 119 Å². The van der Waals surface area contributed by atoms with E-state index in [9.17, 15) is 14.3 Å². The molecule has 0 heterocycles. The van der Waals surface area contributed by atoms with Gasteiger partial charge in [0.05, 0.1) is 0 Å². The molecule has 5 heteroatoms. The minimum absolute atomic E-state index is 0.349. The molecule has 0 spiro atoms. The molecule has 0 aliphatic carbocycles. The van der Waals surface area contributed by atoms with E-state index in [-0.39, 0.29) is 5.82 Å². The standard InChI is InChI=1S/C15H23FN2O2/c1-4-18(5-2)9-8-17-14(15(19)20)13-7-6-12(16)10-11(13)3/h6-7,10,14,17H,4-5,8-9H2,1-3H3,(H,19,20). The molecule has 1 rings (SSSR count). The predicted octanol–water partition coefficient (Wildman–Crippen LogP) is 2.19. The second kappa shape index (κ2) is 7.97. The van der Waals surface area contributed by atoms with Crippen molar-refractivity contribution >= 4 is 5.97 Å². The summed E-state index contributed by atoms with van der Waals surface area (Å²) in [6, 6.07) is 3.39. The van der Waals surface area contributed by atoms with Crippen LogP contribution in [-0.4, -0.2) is 42.2 Å². The normalized spacial score (nSPS) is 12.7. The van der Waals surface area contributed by atoms with Gasteiger partial charge in [-0.3, -0.25) is 10.1 Å². The topological polar surface area (TPSA) is 52.6 Å². The largest absolute Gasteiger partial charge is 0.480 e. The molecule has 0 saturated carbocycles. The molecule has 20 heavy (non-hydrogen) atoms. The zero-order valence-electron chi connectivity index (χ0n) is 12.3. The van der Waals surface area contributed by atoms with E-state index in [0.29, 0.717) is 17.7 Å². The first-order chi connectivity index (χ1) is 9.49. The van der Waals surface area contributed by atoms with E-state index in [0.717, 1.165) is 19.6 Å².